The van der Waals surface area contributed by atoms with Gasteiger partial charge in [-0.3, -0.25) is 24.1 Å². The lowest BCUT2D eigenvalue weighted by molar-refractivity contribution is -0.144. The Balaban J connectivity index is 1.79. The molecule has 10 heteroatoms. The number of hydrogen-bond donors (Lipinski definition) is 4. The van der Waals surface area contributed by atoms with E-state index in [0.29, 0.717) is 42.9 Å². The molecule has 0 unspecified atom stereocenters. The van der Waals surface area contributed by atoms with Gasteiger partial charge in [0.2, 0.25) is 12.3 Å². The number of aromatic nitrogens is 1. The summed E-state index contributed by atoms with van der Waals surface area (Å²) in [7, 11) is 0. The number of aliphatic carboxylic acids is 2. The van der Waals surface area contributed by atoms with Crippen molar-refractivity contribution in [1.29, 1.82) is 0 Å². The van der Waals surface area contributed by atoms with Crippen LogP contribution in [0.25, 0.3) is 10.9 Å². The van der Waals surface area contributed by atoms with Gasteiger partial charge in [-0.1, -0.05) is 6.07 Å². The number of carbonyl (C=O) groups excluding carboxylic acids is 2. The third-order valence-electron chi connectivity index (χ3n) is 4.96. The van der Waals surface area contributed by atoms with Crippen molar-refractivity contribution in [2.75, 3.05) is 31.5 Å². The Morgan fingerprint density at radius 3 is 2.48 bits per heavy atom. The number of aromatic amines is 1. The highest BCUT2D eigenvalue weighted by atomic mass is 16.4. The maximum Gasteiger partial charge on any atom is 0.325 e. The summed E-state index contributed by atoms with van der Waals surface area (Å²) in [6.07, 6.45) is 2.03. The van der Waals surface area contributed by atoms with E-state index in [9.17, 15) is 24.3 Å². The van der Waals surface area contributed by atoms with E-state index in [1.807, 2.05) is 4.90 Å². The van der Waals surface area contributed by atoms with Crippen molar-refractivity contribution in [3.8, 4) is 0 Å². The number of piperazine rings is 1. The number of fused-ring (bicyclic) bond motifs is 1. The Morgan fingerprint density at radius 2 is 1.86 bits per heavy atom. The van der Waals surface area contributed by atoms with Crippen molar-refractivity contribution in [2.45, 2.75) is 18.9 Å². The van der Waals surface area contributed by atoms with Crippen molar-refractivity contribution in [2.24, 2.45) is 0 Å². The van der Waals surface area contributed by atoms with Crippen LogP contribution in [-0.4, -0.2) is 75.4 Å². The first-order valence-electron chi connectivity index (χ1n) is 9.18. The lowest BCUT2D eigenvalue weighted by Crippen LogP contribution is -2.48. The topological polar surface area (TPSA) is 143 Å². The molecule has 0 radical (unpaired) electrons. The largest absolute Gasteiger partial charge is 0.481 e. The Morgan fingerprint density at radius 1 is 1.14 bits per heavy atom. The zero-order valence-corrected chi connectivity index (χ0v) is 15.6. The van der Waals surface area contributed by atoms with Crippen LogP contribution in [0, 0.1) is 0 Å². The quantitative estimate of drug-likeness (QED) is 0.480. The molecule has 1 fully saturated rings. The maximum absolute atomic E-state index is 12.0. The summed E-state index contributed by atoms with van der Waals surface area (Å²) >= 11 is 0. The molecule has 0 bridgehead atoms. The lowest BCUT2D eigenvalue weighted by Gasteiger charge is -2.36. The van der Waals surface area contributed by atoms with Gasteiger partial charge in [0.1, 0.15) is 6.04 Å². The molecule has 1 aliphatic rings. The number of amides is 2. The minimum atomic E-state index is -1.04. The van der Waals surface area contributed by atoms with Gasteiger partial charge in [0.15, 0.2) is 0 Å². The Kier molecular flexibility index (Phi) is 6.13. The van der Waals surface area contributed by atoms with Gasteiger partial charge < -0.3 is 25.4 Å². The van der Waals surface area contributed by atoms with Gasteiger partial charge in [0, 0.05) is 61.0 Å². The normalized spacial score (nSPS) is 15.8. The van der Waals surface area contributed by atoms with Crippen LogP contribution in [0.2, 0.25) is 0 Å². The molecule has 3 rings (SSSR count). The highest BCUT2D eigenvalue weighted by molar-refractivity contribution is 5.96. The molecule has 0 spiro atoms. The van der Waals surface area contributed by atoms with Crippen LogP contribution < -0.4 is 5.32 Å². The number of nitrogens with one attached hydrogen (secondary N) is 2. The number of carbonyl (C=O) groups is 4. The first-order chi connectivity index (χ1) is 13.9. The molecule has 29 heavy (non-hydrogen) atoms. The predicted molar refractivity (Wildman–Crippen MR) is 103 cm³/mol. The lowest BCUT2D eigenvalue weighted by atomic mass is 10.0. The molecule has 1 aliphatic heterocycles. The van der Waals surface area contributed by atoms with Gasteiger partial charge in [0.25, 0.3) is 0 Å². The summed E-state index contributed by atoms with van der Waals surface area (Å²) in [5, 5.41) is 21.8. The van der Waals surface area contributed by atoms with E-state index in [2.05, 4.69) is 10.3 Å². The minimum Gasteiger partial charge on any atom is -0.481 e. The highest BCUT2D eigenvalue weighted by Gasteiger charge is 2.31. The fourth-order valence-corrected chi connectivity index (χ4v) is 3.48. The van der Waals surface area contributed by atoms with E-state index in [1.54, 1.807) is 29.3 Å². The third kappa shape index (κ3) is 4.72. The van der Waals surface area contributed by atoms with Crippen molar-refractivity contribution in [1.82, 2.24) is 14.8 Å². The third-order valence-corrected chi connectivity index (χ3v) is 4.96. The monoisotopic (exact) mass is 402 g/mol. The van der Waals surface area contributed by atoms with Crippen molar-refractivity contribution >= 4 is 40.8 Å². The Labute approximate surface area is 166 Å². The smallest absolute Gasteiger partial charge is 0.325 e. The first kappa shape index (κ1) is 20.3. The number of nitrogens with zero attached hydrogens (tertiary/aromatic N) is 2. The predicted octanol–water partition coefficient (Wildman–Crippen LogP) is 0.871. The zero-order chi connectivity index (χ0) is 21.0. The molecular formula is C19H22N4O6. The number of anilines is 1. The number of H-pyrrole nitrogens is 1. The summed E-state index contributed by atoms with van der Waals surface area (Å²) in [5.41, 5.74) is 1.76. The molecule has 2 heterocycles. The minimum absolute atomic E-state index is 0.128. The van der Waals surface area contributed by atoms with Crippen LogP contribution in [-0.2, 0) is 19.2 Å². The number of carboxylic acids is 2. The van der Waals surface area contributed by atoms with Crippen LogP contribution in [0.5, 0.6) is 0 Å². The van der Waals surface area contributed by atoms with Crippen molar-refractivity contribution in [3.05, 3.63) is 30.0 Å². The van der Waals surface area contributed by atoms with Crippen LogP contribution in [0.3, 0.4) is 0 Å². The molecule has 4 N–H and O–H groups in total. The molecule has 10 nitrogen and oxygen atoms in total. The molecule has 0 aliphatic carbocycles. The summed E-state index contributed by atoms with van der Waals surface area (Å²) < 4.78 is 0. The van der Waals surface area contributed by atoms with Crippen LogP contribution in [0.1, 0.15) is 24.4 Å². The first-order valence-corrected chi connectivity index (χ1v) is 9.18. The standard InChI is InChI=1S/C19H22N4O6/c24-11-22-5-7-23(8-6-22)18(19(28)29)14-10-20-15-9-12(1-2-13(14)15)21-16(25)3-4-17(26)27/h1-2,9-11,18,20H,3-8H2,(H,21,25)(H,26,27)(H,28,29)/t18-/m0/s1. The Bertz CT molecular complexity index is 932. The fourth-order valence-electron chi connectivity index (χ4n) is 3.48. The second kappa shape index (κ2) is 8.74. The maximum atomic E-state index is 12.0. The van der Waals surface area contributed by atoms with Crippen LogP contribution in [0.15, 0.2) is 24.4 Å². The van der Waals surface area contributed by atoms with Crippen LogP contribution >= 0.6 is 0 Å². The molecule has 154 valence electrons. The highest BCUT2D eigenvalue weighted by Crippen LogP contribution is 2.31. The Hall–Kier alpha value is -3.40. The summed E-state index contributed by atoms with van der Waals surface area (Å²) in [4.78, 5) is 51.7. The average Bonchev–Trinajstić information content (AvgIpc) is 3.09. The SMILES string of the molecule is O=CN1CCN([C@H](C(=O)O)c2c[nH]c3cc(NC(=O)CCC(=O)O)ccc23)CC1. The molecular weight excluding hydrogens is 380 g/mol. The van der Waals surface area contributed by atoms with Gasteiger partial charge in [-0.05, 0) is 12.1 Å². The van der Waals surface area contributed by atoms with E-state index in [-0.39, 0.29) is 12.8 Å². The molecule has 2 amide bonds. The molecule has 1 aromatic carbocycles. The summed E-state index contributed by atoms with van der Waals surface area (Å²) in [6.45, 7) is 1.87. The molecule has 1 saturated heterocycles. The number of benzene rings is 1. The van der Waals surface area contributed by atoms with Crippen molar-refractivity contribution < 1.29 is 29.4 Å². The van der Waals surface area contributed by atoms with Crippen molar-refractivity contribution in [3.63, 3.8) is 0 Å². The van der Waals surface area contributed by atoms with E-state index in [4.69, 9.17) is 5.11 Å². The van der Waals surface area contributed by atoms with Crippen LogP contribution in [0.4, 0.5) is 5.69 Å². The zero-order valence-electron chi connectivity index (χ0n) is 15.6. The van der Waals surface area contributed by atoms with E-state index < -0.39 is 23.9 Å². The molecule has 1 aromatic heterocycles. The fraction of sp³-hybridized carbons (Fsp3) is 0.368. The molecule has 1 atom stereocenters. The second-order valence-electron chi connectivity index (χ2n) is 6.86. The number of carboxylic acid groups (broad SMARTS) is 2. The number of hydrogen-bond acceptors (Lipinski definition) is 5. The second-order valence-corrected chi connectivity index (χ2v) is 6.86. The van der Waals surface area contributed by atoms with Gasteiger partial charge in [-0.25, -0.2) is 0 Å². The summed E-state index contributed by atoms with van der Waals surface area (Å²) in [5.74, 6) is -2.43. The van der Waals surface area contributed by atoms with Gasteiger partial charge in [-0.2, -0.15) is 0 Å². The van der Waals surface area contributed by atoms with E-state index in [0.717, 1.165) is 11.8 Å². The van der Waals surface area contributed by atoms with E-state index >= 15 is 0 Å². The van der Waals surface area contributed by atoms with E-state index in [1.165, 1.54) is 0 Å². The molecule has 0 saturated carbocycles. The van der Waals surface area contributed by atoms with Gasteiger partial charge in [0.05, 0.1) is 6.42 Å². The average molecular weight is 402 g/mol. The summed E-state index contributed by atoms with van der Waals surface area (Å²) in [6, 6.07) is 4.21. The number of rotatable bonds is 8. The van der Waals surface area contributed by atoms with Gasteiger partial charge in [-0.15, -0.1) is 0 Å². The molecule has 2 aromatic rings. The van der Waals surface area contributed by atoms with Gasteiger partial charge >= 0.3 is 11.9 Å².